The molecule has 0 aromatic carbocycles. The minimum Gasteiger partial charge on any atom is -0.378 e. The molecule has 1 aliphatic carbocycles. The molecule has 0 aromatic rings. The zero-order valence-corrected chi connectivity index (χ0v) is 20.1. The van der Waals surface area contributed by atoms with Crippen molar-refractivity contribution in [1.82, 2.24) is 20.4 Å². The van der Waals surface area contributed by atoms with Crippen LogP contribution in [0.1, 0.15) is 72.1 Å². The third kappa shape index (κ3) is 6.82. The summed E-state index contributed by atoms with van der Waals surface area (Å²) in [5, 5.41) is 16.0. The second kappa shape index (κ2) is 10.8. The van der Waals surface area contributed by atoms with E-state index in [9.17, 15) is 14.9 Å². The van der Waals surface area contributed by atoms with E-state index >= 15 is 0 Å². The number of amides is 3. The van der Waals surface area contributed by atoms with Gasteiger partial charge in [-0.05, 0) is 37.5 Å². The van der Waals surface area contributed by atoms with Crippen LogP contribution >= 0.6 is 0 Å². The molecule has 0 bridgehead atoms. The lowest BCUT2D eigenvalue weighted by Crippen LogP contribution is -2.61. The quantitative estimate of drug-likeness (QED) is 0.675. The predicted molar refractivity (Wildman–Crippen MR) is 123 cm³/mol. The van der Waals surface area contributed by atoms with Crippen LogP contribution in [0.25, 0.3) is 0 Å². The number of urea groups is 1. The Bertz CT molecular complexity index is 679. The van der Waals surface area contributed by atoms with Crippen molar-refractivity contribution >= 4 is 11.9 Å². The number of nitrogens with zero attached hydrogens (tertiary/aromatic N) is 3. The molecule has 8 heteroatoms. The summed E-state index contributed by atoms with van der Waals surface area (Å²) in [5.41, 5.74) is -1.01. The first-order chi connectivity index (χ1) is 15.2. The van der Waals surface area contributed by atoms with E-state index in [1.807, 2.05) is 0 Å². The summed E-state index contributed by atoms with van der Waals surface area (Å²) in [7, 11) is 0. The largest absolute Gasteiger partial charge is 0.378 e. The van der Waals surface area contributed by atoms with Gasteiger partial charge in [-0.25, -0.2) is 4.79 Å². The third-order valence-corrected chi connectivity index (χ3v) is 7.05. The van der Waals surface area contributed by atoms with E-state index in [1.54, 1.807) is 4.90 Å². The summed E-state index contributed by atoms with van der Waals surface area (Å²) in [6.45, 7) is 9.90. The van der Waals surface area contributed by atoms with Crippen molar-refractivity contribution in [3.63, 3.8) is 0 Å². The average Bonchev–Trinajstić information content (AvgIpc) is 2.79. The monoisotopic (exact) mass is 447 g/mol. The summed E-state index contributed by atoms with van der Waals surface area (Å²) >= 11 is 0. The first-order valence-electron chi connectivity index (χ1n) is 12.3. The maximum absolute atomic E-state index is 13.3. The fraction of sp³-hybridized carbons (Fsp3) is 0.875. The Hall–Kier alpha value is -1.85. The molecule has 32 heavy (non-hydrogen) atoms. The van der Waals surface area contributed by atoms with Gasteiger partial charge in [-0.3, -0.25) is 4.79 Å². The van der Waals surface area contributed by atoms with Crippen molar-refractivity contribution in [3.8, 4) is 6.07 Å². The molecule has 0 spiro atoms. The lowest BCUT2D eigenvalue weighted by molar-refractivity contribution is -0.125. The molecular weight excluding hydrogens is 406 g/mol. The molecule has 3 amide bonds. The van der Waals surface area contributed by atoms with Gasteiger partial charge in [0.2, 0.25) is 5.91 Å². The van der Waals surface area contributed by atoms with Gasteiger partial charge in [-0.1, -0.05) is 40.0 Å². The molecule has 3 aliphatic rings. The molecule has 1 atom stereocenters. The predicted octanol–water partition coefficient (Wildman–Crippen LogP) is 2.64. The van der Waals surface area contributed by atoms with Crippen LogP contribution in [0.4, 0.5) is 4.79 Å². The molecule has 3 rings (SSSR count). The van der Waals surface area contributed by atoms with Crippen LogP contribution in [0, 0.1) is 16.7 Å². The fourth-order valence-electron chi connectivity index (χ4n) is 5.13. The van der Waals surface area contributed by atoms with Gasteiger partial charge in [0.05, 0.1) is 19.3 Å². The molecule has 180 valence electrons. The summed E-state index contributed by atoms with van der Waals surface area (Å²) in [5.74, 6) is -0.255. The molecule has 0 radical (unpaired) electrons. The average molecular weight is 448 g/mol. The van der Waals surface area contributed by atoms with E-state index in [1.165, 1.54) is 32.1 Å². The van der Waals surface area contributed by atoms with E-state index in [0.717, 1.165) is 13.1 Å². The lowest BCUT2D eigenvalue weighted by Gasteiger charge is -2.43. The van der Waals surface area contributed by atoms with Crippen LogP contribution in [0.5, 0.6) is 0 Å². The number of carbonyl (C=O) groups excluding carboxylic acids is 2. The van der Waals surface area contributed by atoms with Gasteiger partial charge in [0.25, 0.3) is 0 Å². The standard InChI is InChI=1S/C24H41N5O3/c1-23(2,3)17-20(26-22(31)29-13-15-32-16-14-29)21(30)27-24(18-25)9-11-28(12-10-24)19-7-5-4-6-8-19/h19-20H,4-17H2,1-3H3,(H,26,31)(H,27,30)/t20-/m0/s1. The van der Waals surface area contributed by atoms with Crippen LogP contribution in [0.3, 0.4) is 0 Å². The molecule has 0 aromatic heterocycles. The number of nitrogens with one attached hydrogen (secondary N) is 2. The molecule has 8 nitrogen and oxygen atoms in total. The maximum atomic E-state index is 13.3. The second-order valence-electron chi connectivity index (χ2n) is 10.9. The van der Waals surface area contributed by atoms with Gasteiger partial charge >= 0.3 is 6.03 Å². The van der Waals surface area contributed by atoms with Crippen LogP contribution in [0.2, 0.25) is 0 Å². The van der Waals surface area contributed by atoms with E-state index in [4.69, 9.17) is 4.74 Å². The van der Waals surface area contributed by atoms with Crippen molar-refractivity contribution in [3.05, 3.63) is 0 Å². The number of carbonyl (C=O) groups is 2. The number of piperidine rings is 1. The number of rotatable bonds is 5. The smallest absolute Gasteiger partial charge is 0.318 e. The highest BCUT2D eigenvalue weighted by atomic mass is 16.5. The molecule has 0 unspecified atom stereocenters. The van der Waals surface area contributed by atoms with Crippen LogP contribution < -0.4 is 10.6 Å². The van der Waals surface area contributed by atoms with Gasteiger partial charge in [-0.15, -0.1) is 0 Å². The van der Waals surface area contributed by atoms with E-state index in [-0.39, 0.29) is 17.4 Å². The Kier molecular flexibility index (Phi) is 8.40. The Labute approximate surface area is 193 Å². The Morgan fingerprint density at radius 2 is 1.72 bits per heavy atom. The van der Waals surface area contributed by atoms with Gasteiger partial charge in [-0.2, -0.15) is 5.26 Å². The van der Waals surface area contributed by atoms with Crippen LogP contribution in [-0.2, 0) is 9.53 Å². The zero-order valence-electron chi connectivity index (χ0n) is 20.1. The van der Waals surface area contributed by atoms with Gasteiger partial charge < -0.3 is 25.2 Å². The number of hydrogen-bond acceptors (Lipinski definition) is 5. The van der Waals surface area contributed by atoms with E-state index in [2.05, 4.69) is 42.4 Å². The number of likely N-dealkylation sites (tertiary alicyclic amines) is 1. The van der Waals surface area contributed by atoms with Crippen molar-refractivity contribution in [2.24, 2.45) is 5.41 Å². The number of hydrogen-bond donors (Lipinski definition) is 2. The van der Waals surface area contributed by atoms with Gasteiger partial charge in [0.1, 0.15) is 11.6 Å². The Morgan fingerprint density at radius 1 is 1.09 bits per heavy atom. The number of nitriles is 1. The third-order valence-electron chi connectivity index (χ3n) is 7.05. The maximum Gasteiger partial charge on any atom is 0.318 e. The van der Waals surface area contributed by atoms with E-state index < -0.39 is 11.6 Å². The molecule has 2 saturated heterocycles. The Morgan fingerprint density at radius 3 is 2.28 bits per heavy atom. The summed E-state index contributed by atoms with van der Waals surface area (Å²) < 4.78 is 5.32. The first-order valence-corrected chi connectivity index (χ1v) is 12.3. The first kappa shape index (κ1) is 24.8. The minimum atomic E-state index is -0.859. The molecular formula is C24H41N5O3. The highest BCUT2D eigenvalue weighted by Crippen LogP contribution is 2.29. The molecule has 2 heterocycles. The number of morpholine rings is 1. The van der Waals surface area contributed by atoms with Crippen molar-refractivity contribution in [2.75, 3.05) is 39.4 Å². The van der Waals surface area contributed by atoms with Crippen LogP contribution in [-0.4, -0.2) is 78.8 Å². The topological polar surface area (TPSA) is 97.7 Å². The summed E-state index contributed by atoms with van der Waals surface area (Å²) in [6, 6.07) is 2.12. The summed E-state index contributed by atoms with van der Waals surface area (Å²) in [4.78, 5) is 30.3. The van der Waals surface area contributed by atoms with Crippen molar-refractivity contribution in [1.29, 1.82) is 5.26 Å². The highest BCUT2D eigenvalue weighted by molar-refractivity contribution is 5.88. The van der Waals surface area contributed by atoms with Crippen LogP contribution in [0.15, 0.2) is 0 Å². The SMILES string of the molecule is CC(C)(C)C[C@H](NC(=O)N1CCOCC1)C(=O)NC1(C#N)CCN(C2CCCCC2)CC1. The summed E-state index contributed by atoms with van der Waals surface area (Å²) in [6.07, 6.45) is 8.16. The van der Waals surface area contributed by atoms with Gasteiger partial charge in [0, 0.05) is 32.2 Å². The van der Waals surface area contributed by atoms with Crippen molar-refractivity contribution in [2.45, 2.75) is 89.8 Å². The molecule has 3 fully saturated rings. The molecule has 2 aliphatic heterocycles. The fourth-order valence-corrected chi connectivity index (χ4v) is 5.13. The normalized spacial score (nSPS) is 23.8. The molecule has 2 N–H and O–H groups in total. The van der Waals surface area contributed by atoms with Crippen molar-refractivity contribution < 1.29 is 14.3 Å². The Balaban J connectivity index is 1.61. The number of ether oxygens (including phenoxy) is 1. The second-order valence-corrected chi connectivity index (χ2v) is 10.9. The highest BCUT2D eigenvalue weighted by Gasteiger charge is 2.40. The van der Waals surface area contributed by atoms with E-state index in [0.29, 0.717) is 51.6 Å². The lowest BCUT2D eigenvalue weighted by atomic mass is 9.84. The minimum absolute atomic E-state index is 0.148. The van der Waals surface area contributed by atoms with Gasteiger partial charge in [0.15, 0.2) is 0 Å². The zero-order chi connectivity index (χ0) is 23.2. The molecule has 1 saturated carbocycles.